The first-order chi connectivity index (χ1) is 26.2. The lowest BCUT2D eigenvalue weighted by molar-refractivity contribution is 1.26. The van der Waals surface area contributed by atoms with Gasteiger partial charge in [0.15, 0.2) is 8.07 Å². The molecule has 0 amide bonds. The molecular weight excluding hydrogens is 653 g/mol. The van der Waals surface area contributed by atoms with Crippen molar-refractivity contribution >= 4 is 23.6 Å². The predicted molar refractivity (Wildman–Crippen MR) is 225 cm³/mol. The molecule has 0 saturated carbocycles. The van der Waals surface area contributed by atoms with Crippen LogP contribution in [0.5, 0.6) is 0 Å². The van der Waals surface area contributed by atoms with E-state index in [1.807, 2.05) is 97.9 Å². The van der Waals surface area contributed by atoms with Crippen LogP contribution in [0, 0.1) is 47.4 Å². The summed E-state index contributed by atoms with van der Waals surface area (Å²) in [4.78, 5) is 0. The fourth-order valence-electron chi connectivity index (χ4n) is 6.58. The predicted octanol–water partition coefficient (Wildman–Crippen LogP) is 8.73. The van der Waals surface area contributed by atoms with Crippen LogP contribution in [0.25, 0.3) is 0 Å². The second-order valence-electron chi connectivity index (χ2n) is 12.6. The molecule has 0 fully saturated rings. The van der Waals surface area contributed by atoms with Crippen LogP contribution in [0.1, 0.15) is 46.7 Å². The Morgan fingerprint density at radius 1 is 0.434 bits per heavy atom. The topological polar surface area (TPSA) is 0 Å². The normalized spacial score (nSPS) is 12.4. The van der Waals surface area contributed by atoms with E-state index in [1.54, 1.807) is 0 Å². The first kappa shape index (κ1) is 34.4. The molecule has 1 heteroatoms. The average molecular weight is 689 g/mol. The van der Waals surface area contributed by atoms with Gasteiger partial charge in [-0.05, 0) is 119 Å². The lowest BCUT2D eigenvalue weighted by Gasteiger charge is -2.36. The Balaban J connectivity index is 1.40. The molecule has 1 aliphatic carbocycles. The molecule has 53 heavy (non-hydrogen) atoms. The summed E-state index contributed by atoms with van der Waals surface area (Å²) in [7, 11) is -2.89. The van der Waals surface area contributed by atoms with E-state index in [1.165, 1.54) is 26.3 Å². The van der Waals surface area contributed by atoms with Crippen LogP contribution in [-0.4, -0.2) is 8.07 Å². The summed E-state index contributed by atoms with van der Waals surface area (Å²) in [6.07, 6.45) is 9.88. The number of benzene rings is 6. The van der Waals surface area contributed by atoms with Gasteiger partial charge in [0, 0.05) is 33.4 Å². The average Bonchev–Trinajstić information content (AvgIpc) is 3.22. The molecule has 0 N–H and O–H groups in total. The Kier molecular flexibility index (Phi) is 10.9. The zero-order chi connectivity index (χ0) is 36.1. The van der Waals surface area contributed by atoms with Gasteiger partial charge >= 0.3 is 0 Å². The summed E-state index contributed by atoms with van der Waals surface area (Å²) in [6, 6.07) is 57.1. The van der Waals surface area contributed by atoms with Crippen LogP contribution in [0.2, 0.25) is 0 Å². The summed E-state index contributed by atoms with van der Waals surface area (Å²) in [6.45, 7) is 1.88. The van der Waals surface area contributed by atoms with E-state index in [0.29, 0.717) is 0 Å². The maximum absolute atomic E-state index is 3.38. The molecule has 0 heterocycles. The summed E-state index contributed by atoms with van der Waals surface area (Å²) in [5.74, 6) is 26.4. The van der Waals surface area contributed by atoms with Crippen LogP contribution >= 0.6 is 0 Å². The van der Waals surface area contributed by atoms with Gasteiger partial charge in [0.2, 0.25) is 0 Å². The summed E-state index contributed by atoms with van der Waals surface area (Å²) in [5.41, 5.74) is 7.14. The van der Waals surface area contributed by atoms with Gasteiger partial charge in [0.25, 0.3) is 0 Å². The van der Waals surface area contributed by atoms with Gasteiger partial charge in [-0.2, -0.15) is 0 Å². The van der Waals surface area contributed by atoms with Crippen LogP contribution < -0.4 is 15.6 Å². The highest BCUT2D eigenvalue weighted by molar-refractivity contribution is 7.16. The fraction of sp³-hybridized carbons (Fsp3) is 0.0385. The van der Waals surface area contributed by atoms with E-state index in [2.05, 4.69) is 144 Å². The van der Waals surface area contributed by atoms with E-state index in [9.17, 15) is 0 Å². The minimum Gasteiger partial charge on any atom is -0.101 e. The van der Waals surface area contributed by atoms with Crippen molar-refractivity contribution in [3.8, 4) is 47.4 Å². The van der Waals surface area contributed by atoms with E-state index in [4.69, 9.17) is 0 Å². The van der Waals surface area contributed by atoms with Crippen molar-refractivity contribution in [1.82, 2.24) is 0 Å². The maximum atomic E-state index is 3.38. The number of allylic oxidation sites excluding steroid dienone is 6. The molecule has 6 aromatic carbocycles. The number of hydrogen-bond acceptors (Lipinski definition) is 0. The Morgan fingerprint density at radius 2 is 0.811 bits per heavy atom. The van der Waals surface area contributed by atoms with E-state index in [0.717, 1.165) is 39.8 Å². The van der Waals surface area contributed by atoms with Crippen molar-refractivity contribution in [2.45, 2.75) is 13.3 Å². The molecule has 6 aromatic rings. The van der Waals surface area contributed by atoms with Crippen LogP contribution in [-0.2, 0) is 0 Å². The molecule has 0 aliphatic heterocycles. The Morgan fingerprint density at radius 3 is 1.23 bits per heavy atom. The third kappa shape index (κ3) is 8.32. The first-order valence-corrected chi connectivity index (χ1v) is 19.7. The third-order valence-corrected chi connectivity index (χ3v) is 13.9. The smallest absolute Gasteiger partial charge is 0.101 e. The van der Waals surface area contributed by atoms with E-state index >= 15 is 0 Å². The van der Waals surface area contributed by atoms with Crippen molar-refractivity contribution in [3.63, 3.8) is 0 Å². The fourth-order valence-corrected chi connectivity index (χ4v) is 11.4. The zero-order valence-electron chi connectivity index (χ0n) is 29.6. The molecule has 0 aromatic heterocycles. The van der Waals surface area contributed by atoms with Gasteiger partial charge in [-0.3, -0.25) is 0 Å². The zero-order valence-corrected chi connectivity index (χ0v) is 30.6. The van der Waals surface area contributed by atoms with Gasteiger partial charge in [0.05, 0.1) is 0 Å². The van der Waals surface area contributed by atoms with Crippen molar-refractivity contribution in [2.24, 2.45) is 0 Å². The van der Waals surface area contributed by atoms with Crippen molar-refractivity contribution in [3.05, 3.63) is 232 Å². The maximum Gasteiger partial charge on any atom is 0.179 e. The lowest BCUT2D eigenvalue weighted by atomic mass is 10.1. The highest BCUT2D eigenvalue weighted by Gasteiger charge is 2.42. The third-order valence-electron chi connectivity index (χ3n) is 9.15. The lowest BCUT2D eigenvalue weighted by Crippen LogP contribution is -2.68. The molecule has 0 radical (unpaired) electrons. The molecule has 0 spiro atoms. The molecular formula is C52H36Si. The van der Waals surface area contributed by atoms with Crippen molar-refractivity contribution < 1.29 is 0 Å². The minimum absolute atomic E-state index is 0.824. The minimum atomic E-state index is -2.89. The number of hydrogen-bond donors (Lipinski definition) is 0. The van der Waals surface area contributed by atoms with Crippen LogP contribution in [0.15, 0.2) is 199 Å². The monoisotopic (exact) mass is 688 g/mol. The molecule has 0 atom stereocenters. The Hall–Kier alpha value is -7.00. The van der Waals surface area contributed by atoms with Gasteiger partial charge in [-0.1, -0.05) is 151 Å². The Bertz CT molecular complexity index is 2440. The molecule has 0 unspecified atom stereocenters. The van der Waals surface area contributed by atoms with E-state index in [-0.39, 0.29) is 0 Å². The highest BCUT2D eigenvalue weighted by Crippen LogP contribution is 2.26. The van der Waals surface area contributed by atoms with Crippen molar-refractivity contribution in [2.75, 3.05) is 0 Å². The summed E-state index contributed by atoms with van der Waals surface area (Å²) < 4.78 is 0. The SMILES string of the molecule is CC#Cc1ccc([Si](C2=C/C(=C\C#Cc3ccccc3)CC=C2)(c2ccc(C#Cc3ccccc3)cc2)c2ccc(C#Cc3ccccc3)cc2)cc1. The molecule has 248 valence electrons. The van der Waals surface area contributed by atoms with Gasteiger partial charge < -0.3 is 0 Å². The van der Waals surface area contributed by atoms with Crippen LogP contribution in [0.3, 0.4) is 0 Å². The standard InChI is InChI=1S/C52H36Si/c1-2-14-42-29-35-49(36-30-42)53(50-37-31-46(32-38-50)27-25-44-17-8-4-9-18-44,51-39-33-47(34-40-51)28-26-45-19-10-5-11-20-45)52-24-13-23-48(41-52)22-12-21-43-15-6-3-7-16-43/h3-11,13,15-20,22,24,29-41H,23H2,1H3/b48-22-. The second-order valence-corrected chi connectivity index (χ2v) is 16.5. The van der Waals surface area contributed by atoms with Gasteiger partial charge in [-0.15, -0.1) is 5.92 Å². The second kappa shape index (κ2) is 16.8. The first-order valence-electron chi connectivity index (χ1n) is 17.7. The highest BCUT2D eigenvalue weighted by atomic mass is 28.3. The largest absolute Gasteiger partial charge is 0.179 e. The Labute approximate surface area is 315 Å². The van der Waals surface area contributed by atoms with E-state index < -0.39 is 8.07 Å². The molecule has 1 aliphatic rings. The van der Waals surface area contributed by atoms with Gasteiger partial charge in [0.1, 0.15) is 0 Å². The molecule has 0 bridgehead atoms. The molecule has 7 rings (SSSR count). The number of rotatable bonds is 4. The van der Waals surface area contributed by atoms with Crippen LogP contribution in [0.4, 0.5) is 0 Å². The van der Waals surface area contributed by atoms with Crippen molar-refractivity contribution in [1.29, 1.82) is 0 Å². The molecule has 0 nitrogen and oxygen atoms in total. The molecule has 0 saturated heterocycles. The van der Waals surface area contributed by atoms with Gasteiger partial charge in [-0.25, -0.2) is 0 Å². The quantitative estimate of drug-likeness (QED) is 0.0988. The summed E-state index contributed by atoms with van der Waals surface area (Å²) in [5, 5.41) is 5.11. The summed E-state index contributed by atoms with van der Waals surface area (Å²) >= 11 is 0.